The highest BCUT2D eigenvalue weighted by atomic mass is 14.9. The van der Waals surface area contributed by atoms with Crippen molar-refractivity contribution in [3.8, 4) is 0 Å². The van der Waals surface area contributed by atoms with Gasteiger partial charge in [-0.1, -0.05) is 225 Å². The van der Waals surface area contributed by atoms with Crippen LogP contribution < -0.4 is 5.32 Å². The van der Waals surface area contributed by atoms with Gasteiger partial charge in [-0.05, 0) is 122 Å². The smallest absolute Gasteiger partial charge is 0.0184 e. The highest BCUT2D eigenvalue weighted by Crippen LogP contribution is 2.25. The lowest BCUT2D eigenvalue weighted by Gasteiger charge is -2.16. The van der Waals surface area contributed by atoms with Crippen LogP contribution in [0, 0.1) is 25.7 Å². The highest BCUT2D eigenvalue weighted by Gasteiger charge is 2.11. The Morgan fingerprint density at radius 3 is 1.86 bits per heavy atom. The van der Waals surface area contributed by atoms with Crippen molar-refractivity contribution >= 4 is 6.08 Å². The summed E-state index contributed by atoms with van der Waals surface area (Å²) in [6.45, 7) is 36.5. The van der Waals surface area contributed by atoms with Crippen molar-refractivity contribution < 1.29 is 0 Å². The predicted octanol–water partition coefficient (Wildman–Crippen LogP) is 16.8. The topological polar surface area (TPSA) is 12.0 Å². The van der Waals surface area contributed by atoms with E-state index < -0.39 is 0 Å². The van der Waals surface area contributed by atoms with Crippen molar-refractivity contribution in [2.24, 2.45) is 11.8 Å². The zero-order valence-electron chi connectivity index (χ0n) is 39.2. The maximum absolute atomic E-state index is 4.13. The molecule has 2 atom stereocenters. The molecule has 4 aromatic rings. The molecule has 0 bridgehead atoms. The molecular formula is C58H81N. The van der Waals surface area contributed by atoms with E-state index in [1.807, 2.05) is 26.0 Å². The van der Waals surface area contributed by atoms with E-state index in [0.29, 0.717) is 17.8 Å². The van der Waals surface area contributed by atoms with E-state index in [9.17, 15) is 0 Å². The molecule has 2 unspecified atom stereocenters. The Kier molecular flexibility index (Phi) is 27.5. The molecule has 1 nitrogen and oxygen atoms in total. The quantitative estimate of drug-likeness (QED) is 0.118. The summed E-state index contributed by atoms with van der Waals surface area (Å²) in [5.74, 6) is 1.72. The lowest BCUT2D eigenvalue weighted by Crippen LogP contribution is -2.16. The molecule has 1 aliphatic rings. The van der Waals surface area contributed by atoms with Gasteiger partial charge in [0.05, 0.1) is 0 Å². The number of aryl methyl sites for hydroxylation is 5. The second-order valence-corrected chi connectivity index (χ2v) is 15.7. The summed E-state index contributed by atoms with van der Waals surface area (Å²) >= 11 is 0. The molecule has 1 aliphatic carbocycles. The summed E-state index contributed by atoms with van der Waals surface area (Å²) < 4.78 is 0. The first-order valence-corrected chi connectivity index (χ1v) is 22.4. The summed E-state index contributed by atoms with van der Waals surface area (Å²) in [5.41, 5.74) is 15.0. The van der Waals surface area contributed by atoms with Crippen LogP contribution in [0.15, 0.2) is 170 Å². The average Bonchev–Trinajstić information content (AvgIpc) is 3.47. The molecule has 0 saturated heterocycles. The van der Waals surface area contributed by atoms with Crippen LogP contribution in [0.25, 0.3) is 6.08 Å². The summed E-state index contributed by atoms with van der Waals surface area (Å²) in [5, 5.41) is 3.46. The highest BCUT2D eigenvalue weighted by molar-refractivity contribution is 5.47. The van der Waals surface area contributed by atoms with E-state index in [1.165, 1.54) is 56.5 Å². The van der Waals surface area contributed by atoms with Crippen LogP contribution >= 0.6 is 0 Å². The van der Waals surface area contributed by atoms with E-state index in [4.69, 9.17) is 0 Å². The van der Waals surface area contributed by atoms with Crippen LogP contribution in [0.4, 0.5) is 0 Å². The molecule has 0 saturated carbocycles. The van der Waals surface area contributed by atoms with Gasteiger partial charge in [0, 0.05) is 12.2 Å². The first-order chi connectivity index (χ1) is 28.4. The third-order valence-corrected chi connectivity index (χ3v) is 10.7. The number of hydrogen-bond acceptors (Lipinski definition) is 1. The van der Waals surface area contributed by atoms with Crippen molar-refractivity contribution in [2.75, 3.05) is 6.54 Å². The molecule has 0 radical (unpaired) electrons. The number of allylic oxidation sites excluding steroid dienone is 7. The Bertz CT molecular complexity index is 1830. The zero-order valence-corrected chi connectivity index (χ0v) is 39.2. The van der Waals surface area contributed by atoms with Crippen molar-refractivity contribution in [2.45, 2.75) is 127 Å². The maximum Gasteiger partial charge on any atom is 0.0184 e. The Morgan fingerprint density at radius 2 is 1.36 bits per heavy atom. The van der Waals surface area contributed by atoms with Crippen molar-refractivity contribution in [3.63, 3.8) is 0 Å². The maximum atomic E-state index is 4.13. The Balaban J connectivity index is 0.000000417. The molecule has 1 heteroatoms. The molecule has 0 aliphatic heterocycles. The standard InChI is InChI=1S/C21H33N.C18H22.C9H10.C8H10.C2H6/c1-7-20-11-9-10-19(15-21(20)8-2)12-13-22-18(6)14-17(5)16(3)4;1-14(2)17-11-9-15(3)18(13-17)12-10-16-7-5-4-6-8-16;1-3-9-6-4-8(2)5-7-9;1-2-8-6-4-3-5-7-8;1-2/h9-11,15,17,20,22H,3,6-8,12-14H2,1-2,4-5H3;4-9,11,13-14H,10,12H2,1-3H3;3-7H,1H2,2H3;3-7H,2H2,1H3;1-2H3. The van der Waals surface area contributed by atoms with Gasteiger partial charge in [-0.3, -0.25) is 0 Å². The molecule has 0 aromatic heterocycles. The minimum absolute atomic E-state index is 0.497. The van der Waals surface area contributed by atoms with Crippen LogP contribution in [0.3, 0.4) is 0 Å². The van der Waals surface area contributed by atoms with Crippen molar-refractivity contribution in [3.05, 3.63) is 209 Å². The van der Waals surface area contributed by atoms with Gasteiger partial charge >= 0.3 is 0 Å². The van der Waals surface area contributed by atoms with Crippen molar-refractivity contribution in [1.82, 2.24) is 5.32 Å². The van der Waals surface area contributed by atoms with Gasteiger partial charge in [-0.25, -0.2) is 0 Å². The zero-order chi connectivity index (χ0) is 44.0. The summed E-state index contributed by atoms with van der Waals surface area (Å²) in [4.78, 5) is 0. The first-order valence-electron chi connectivity index (χ1n) is 22.4. The Labute approximate surface area is 363 Å². The summed E-state index contributed by atoms with van der Waals surface area (Å²) in [6.07, 6.45) is 18.8. The lowest BCUT2D eigenvalue weighted by molar-refractivity contribution is 0.627. The summed E-state index contributed by atoms with van der Waals surface area (Å²) in [6, 6.07) is 36.4. The van der Waals surface area contributed by atoms with Crippen LogP contribution in [0.5, 0.6) is 0 Å². The number of rotatable bonds is 15. The fraction of sp³-hybridized carbons (Fsp3) is 0.379. The van der Waals surface area contributed by atoms with E-state index in [1.54, 1.807) is 5.57 Å². The Morgan fingerprint density at radius 1 is 0.746 bits per heavy atom. The molecule has 4 aromatic carbocycles. The van der Waals surface area contributed by atoms with Gasteiger partial charge in [0.25, 0.3) is 0 Å². The molecule has 0 heterocycles. The minimum atomic E-state index is 0.497. The monoisotopic (exact) mass is 792 g/mol. The van der Waals surface area contributed by atoms with Gasteiger partial charge in [-0.15, -0.1) is 0 Å². The molecule has 0 amide bonds. The van der Waals surface area contributed by atoms with Gasteiger partial charge < -0.3 is 5.32 Å². The van der Waals surface area contributed by atoms with Crippen LogP contribution in [0.1, 0.15) is 133 Å². The summed E-state index contributed by atoms with van der Waals surface area (Å²) in [7, 11) is 0. The van der Waals surface area contributed by atoms with Crippen LogP contribution in [-0.2, 0) is 19.3 Å². The third kappa shape index (κ3) is 22.2. The molecule has 59 heavy (non-hydrogen) atoms. The van der Waals surface area contributed by atoms with Crippen LogP contribution in [-0.4, -0.2) is 6.54 Å². The number of hydrogen-bond donors (Lipinski definition) is 1. The van der Waals surface area contributed by atoms with Gasteiger partial charge in [0.2, 0.25) is 0 Å². The largest absolute Gasteiger partial charge is 0.388 e. The molecule has 1 N–H and O–H groups in total. The fourth-order valence-corrected chi connectivity index (χ4v) is 6.41. The lowest BCUT2D eigenvalue weighted by atomic mass is 9.93. The SMILES string of the molecule is C=C(CC(C)C(=C)C)NCCC1=CC=CC(CC)C(CC)=C1.C=Cc1ccc(C)cc1.CC.CCc1ccccc1.Cc1ccc(C(C)C)cc1CCc1ccccc1. The second-order valence-electron chi connectivity index (χ2n) is 15.7. The van der Waals surface area contributed by atoms with Gasteiger partial charge in [-0.2, -0.15) is 0 Å². The molecule has 5 rings (SSSR count). The average molecular weight is 792 g/mol. The normalized spacial score (nSPS) is 13.1. The third-order valence-electron chi connectivity index (χ3n) is 10.7. The van der Waals surface area contributed by atoms with E-state index in [-0.39, 0.29) is 0 Å². The van der Waals surface area contributed by atoms with E-state index >= 15 is 0 Å². The number of benzene rings is 4. The molecule has 0 fully saturated rings. The second kappa shape index (κ2) is 31.1. The first kappa shape index (κ1) is 52.1. The van der Waals surface area contributed by atoms with Crippen molar-refractivity contribution in [1.29, 1.82) is 0 Å². The fourth-order valence-electron chi connectivity index (χ4n) is 6.41. The minimum Gasteiger partial charge on any atom is -0.388 e. The van der Waals surface area contributed by atoms with Crippen LogP contribution in [0.2, 0.25) is 0 Å². The van der Waals surface area contributed by atoms with E-state index in [0.717, 1.165) is 50.8 Å². The van der Waals surface area contributed by atoms with Gasteiger partial charge in [0.15, 0.2) is 0 Å². The molecular weight excluding hydrogens is 711 g/mol. The Hall–Kier alpha value is -4.88. The predicted molar refractivity (Wildman–Crippen MR) is 267 cm³/mol. The molecule has 0 spiro atoms. The van der Waals surface area contributed by atoms with Gasteiger partial charge in [0.1, 0.15) is 0 Å². The number of nitrogens with one attached hydrogen (secondary N) is 1. The molecule has 318 valence electrons. The van der Waals surface area contributed by atoms with E-state index in [2.05, 4.69) is 209 Å².